The lowest BCUT2D eigenvalue weighted by molar-refractivity contribution is -0.654. The number of anilines is 2. The van der Waals surface area contributed by atoms with Gasteiger partial charge in [0.25, 0.3) is 0 Å². The molecule has 0 aliphatic heterocycles. The van der Waals surface area contributed by atoms with Crippen molar-refractivity contribution >= 4 is 55.7 Å². The normalized spacial score (nSPS) is 11.0. The molecule has 220 valence electrons. The molecule has 9 nitrogen and oxygen atoms in total. The van der Waals surface area contributed by atoms with Crippen LogP contribution in [0.15, 0.2) is 92.1 Å². The second kappa shape index (κ2) is 17.3. The summed E-state index contributed by atoms with van der Waals surface area (Å²) in [5.74, 6) is 0. The van der Waals surface area contributed by atoms with Crippen molar-refractivity contribution < 1.29 is 13.9 Å². The van der Waals surface area contributed by atoms with E-state index in [0.717, 1.165) is 59.2 Å². The number of aryl methyl sites for hydroxylation is 2. The maximum absolute atomic E-state index is 6.02. The minimum absolute atomic E-state index is 0. The highest BCUT2D eigenvalue weighted by atomic mass is 32.1. The fourth-order valence-corrected chi connectivity index (χ4v) is 5.26. The van der Waals surface area contributed by atoms with Crippen molar-refractivity contribution in [2.24, 2.45) is 34.6 Å². The lowest BCUT2D eigenvalue weighted by Gasteiger charge is -2.25. The van der Waals surface area contributed by atoms with Crippen molar-refractivity contribution in [3.8, 4) is 0 Å². The van der Waals surface area contributed by atoms with Gasteiger partial charge in [0.15, 0.2) is 0 Å². The second-order valence-electron chi connectivity index (χ2n) is 8.80. The molecule has 0 bridgehead atoms. The molecule has 2 aromatic heterocycles. The summed E-state index contributed by atoms with van der Waals surface area (Å²) in [6.07, 6.45) is 3.95. The molecular formula is C30H44N8OS2+2. The smallest absolute Gasteiger partial charge is 0.378 e. The Morgan fingerprint density at radius 2 is 1.02 bits per heavy atom. The van der Waals surface area contributed by atoms with E-state index in [4.69, 9.17) is 4.74 Å². The van der Waals surface area contributed by atoms with Crippen LogP contribution in [0.3, 0.4) is 0 Å². The van der Waals surface area contributed by atoms with E-state index in [1.54, 1.807) is 22.7 Å². The molecule has 0 unspecified atom stereocenters. The summed E-state index contributed by atoms with van der Waals surface area (Å²) >= 11 is 3.13. The molecule has 0 spiro atoms. The third kappa shape index (κ3) is 9.80. The molecule has 0 aliphatic carbocycles. The quantitative estimate of drug-likeness (QED) is 0.0843. The van der Waals surface area contributed by atoms with Crippen molar-refractivity contribution in [3.05, 3.63) is 71.7 Å². The van der Waals surface area contributed by atoms with Gasteiger partial charge in [0.2, 0.25) is 0 Å². The zero-order valence-electron chi connectivity index (χ0n) is 23.0. The predicted molar refractivity (Wildman–Crippen MR) is 172 cm³/mol. The average molecular weight is 597 g/mol. The number of rotatable bonds is 14. The fraction of sp³-hybridized carbons (Fsp3) is 0.400. The van der Waals surface area contributed by atoms with E-state index < -0.39 is 0 Å². The summed E-state index contributed by atoms with van der Waals surface area (Å²) in [7, 11) is 3.93. The molecule has 0 aliphatic rings. The molecule has 2 aromatic carbocycles. The van der Waals surface area contributed by atoms with Crippen molar-refractivity contribution in [1.82, 2.24) is 0 Å². The van der Waals surface area contributed by atoms with Crippen LogP contribution in [0.1, 0.15) is 28.7 Å². The number of aromatic nitrogens is 2. The van der Waals surface area contributed by atoms with Gasteiger partial charge in [-0.3, -0.25) is 0 Å². The Morgan fingerprint density at radius 3 is 1.34 bits per heavy atom. The van der Waals surface area contributed by atoms with E-state index >= 15 is 0 Å². The summed E-state index contributed by atoms with van der Waals surface area (Å²) in [6, 6.07) is 16.4. The highest BCUT2D eigenvalue weighted by Gasteiger charge is 2.10. The number of benzene rings is 2. The Balaban J connectivity index is 0.00000294. The van der Waals surface area contributed by atoms with Crippen molar-refractivity contribution in [1.29, 1.82) is 0 Å². The topological polar surface area (TPSA) is 72.9 Å². The Kier molecular flexibility index (Phi) is 14.2. The number of hydrogen-bond acceptors (Lipinski definition) is 9. The van der Waals surface area contributed by atoms with Crippen LogP contribution in [-0.4, -0.2) is 39.4 Å². The average Bonchev–Trinajstić information content (AvgIpc) is 3.58. The molecule has 4 aromatic rings. The fourth-order valence-electron chi connectivity index (χ4n) is 3.90. The van der Waals surface area contributed by atoms with Gasteiger partial charge >= 0.3 is 10.3 Å². The molecule has 0 saturated carbocycles. The van der Waals surface area contributed by atoms with E-state index in [-0.39, 0.29) is 14.9 Å². The number of hydrogen-bond donors (Lipinski definition) is 0. The zero-order valence-corrected chi connectivity index (χ0v) is 24.6. The first kappa shape index (κ1) is 33.7. The number of ether oxygens (including phenoxy) is 1. The molecule has 0 N–H and O–H groups in total. The maximum Gasteiger partial charge on any atom is 0.408 e. The molecule has 41 heavy (non-hydrogen) atoms. The number of likely N-dealkylation sites (N-methyl/N-ethyl adjacent to an activating group) is 2. The molecule has 0 saturated heterocycles. The lowest BCUT2D eigenvalue weighted by atomic mass is 10.2. The highest BCUT2D eigenvalue weighted by Crippen LogP contribution is 2.24. The Morgan fingerprint density at radius 1 is 0.634 bits per heavy atom. The van der Waals surface area contributed by atoms with Crippen LogP contribution in [-0.2, 0) is 18.8 Å². The van der Waals surface area contributed by atoms with Gasteiger partial charge in [-0.15, -0.1) is 0 Å². The van der Waals surface area contributed by atoms with Gasteiger partial charge in [-0.2, -0.15) is 0 Å². The zero-order chi connectivity index (χ0) is 27.5. The molecule has 0 atom stereocenters. The first-order chi connectivity index (χ1) is 19.1. The van der Waals surface area contributed by atoms with Crippen LogP contribution in [0.5, 0.6) is 0 Å². The summed E-state index contributed by atoms with van der Waals surface area (Å²) in [6.45, 7) is 9.13. The first-order valence-corrected chi connectivity index (χ1v) is 14.8. The number of thiazole rings is 2. The van der Waals surface area contributed by atoms with Crippen LogP contribution in [0.2, 0.25) is 0 Å². The predicted octanol–water partition coefficient (Wildman–Crippen LogP) is 7.93. The SMILES string of the molecule is C.C.CCN(CCOCCN(CC)c1ccc(N=Nc2scc[n+]2C)cc1)c1ccc(N=Nc2scc[n+]2C)cc1. The van der Waals surface area contributed by atoms with Gasteiger partial charge in [0.05, 0.1) is 37.5 Å². The number of azo groups is 2. The van der Waals surface area contributed by atoms with E-state index in [1.165, 1.54) is 0 Å². The number of nitrogens with zero attached hydrogens (tertiary/aromatic N) is 8. The third-order valence-electron chi connectivity index (χ3n) is 6.23. The van der Waals surface area contributed by atoms with E-state index in [9.17, 15) is 0 Å². The van der Waals surface area contributed by atoms with Crippen LogP contribution in [0.4, 0.5) is 33.0 Å². The standard InChI is InChI=1S/C28H36N8OS2.2CH4/c1-5-35(25-11-7-23(8-12-25)29-31-27-33(3)17-21-38-27)15-19-37-20-16-36(6-2)26-13-9-24(10-14-26)30-32-28-34(4)18-22-39-28;;/h7-14,17-18,21-22H,5-6,15-16,19-20H2,1-4H3;2*1H4/q+2;;. The summed E-state index contributed by atoms with van der Waals surface area (Å²) in [5.41, 5.74) is 3.99. The second-order valence-corrected chi connectivity index (χ2v) is 10.5. The largest absolute Gasteiger partial charge is 0.408 e. The molecule has 0 amide bonds. The molecule has 0 radical (unpaired) electrons. The first-order valence-electron chi connectivity index (χ1n) is 13.0. The maximum atomic E-state index is 6.02. The van der Waals surface area contributed by atoms with Gasteiger partial charge < -0.3 is 14.5 Å². The van der Waals surface area contributed by atoms with Gasteiger partial charge in [-0.1, -0.05) is 14.9 Å². The van der Waals surface area contributed by atoms with Gasteiger partial charge in [-0.05, 0) is 95.3 Å². The van der Waals surface area contributed by atoms with Crippen molar-refractivity contribution in [3.63, 3.8) is 0 Å². The lowest BCUT2D eigenvalue weighted by Crippen LogP contribution is -2.30. The van der Waals surface area contributed by atoms with Gasteiger partial charge in [-0.25, -0.2) is 9.13 Å². The Hall–Kier alpha value is -3.54. The molecule has 2 heterocycles. The van der Waals surface area contributed by atoms with Crippen molar-refractivity contribution in [2.75, 3.05) is 49.2 Å². The van der Waals surface area contributed by atoms with E-state index in [1.807, 2.05) is 70.6 Å². The summed E-state index contributed by atoms with van der Waals surface area (Å²) in [5, 5.41) is 23.1. The molecular weight excluding hydrogens is 553 g/mol. The minimum Gasteiger partial charge on any atom is -0.378 e. The van der Waals surface area contributed by atoms with E-state index in [0.29, 0.717) is 13.2 Å². The van der Waals surface area contributed by atoms with Gasteiger partial charge in [0, 0.05) is 48.3 Å². The van der Waals surface area contributed by atoms with Crippen molar-refractivity contribution in [2.45, 2.75) is 28.7 Å². The van der Waals surface area contributed by atoms with E-state index in [2.05, 4.69) is 68.4 Å². The van der Waals surface area contributed by atoms with Crippen LogP contribution < -0.4 is 18.9 Å². The molecule has 0 fully saturated rings. The monoisotopic (exact) mass is 596 g/mol. The van der Waals surface area contributed by atoms with Gasteiger partial charge in [0.1, 0.15) is 23.8 Å². The molecule has 11 heteroatoms. The Bertz CT molecular complexity index is 1250. The third-order valence-corrected chi connectivity index (χ3v) is 7.90. The molecule has 4 rings (SSSR count). The van der Waals surface area contributed by atoms with Crippen LogP contribution in [0.25, 0.3) is 0 Å². The van der Waals surface area contributed by atoms with Crippen LogP contribution in [0, 0.1) is 0 Å². The Labute approximate surface area is 253 Å². The summed E-state index contributed by atoms with van der Waals surface area (Å²) < 4.78 is 9.93. The minimum atomic E-state index is 0. The highest BCUT2D eigenvalue weighted by molar-refractivity contribution is 7.13. The van der Waals surface area contributed by atoms with Crippen LogP contribution >= 0.6 is 22.7 Å². The summed E-state index contributed by atoms with van der Waals surface area (Å²) in [4.78, 5) is 4.61.